The molecule has 0 aliphatic carbocycles. The van der Waals surface area contributed by atoms with Gasteiger partial charge in [0.05, 0.1) is 0 Å². The van der Waals surface area contributed by atoms with Crippen LogP contribution in [0.25, 0.3) is 0 Å². The van der Waals surface area contributed by atoms with Crippen LogP contribution in [0.1, 0.15) is 17.0 Å². The maximum atomic E-state index is 13.0. The maximum Gasteiger partial charge on any atom is 0.459 e. The van der Waals surface area contributed by atoms with E-state index >= 15 is 0 Å². The van der Waals surface area contributed by atoms with Gasteiger partial charge in [0.15, 0.2) is 5.69 Å². The summed E-state index contributed by atoms with van der Waals surface area (Å²) in [6, 6.07) is 0. The first-order chi connectivity index (χ1) is 8.34. The van der Waals surface area contributed by atoms with E-state index in [1.54, 1.807) is 0 Å². The maximum absolute atomic E-state index is 13.0. The average Bonchev–Trinajstić information content (AvgIpc) is 2.53. The standard InChI is InChI=1S/C8H3F8N2O/c1-18-3(2-19)4(7(11,12)13)5(17-18)6(9,10)8(14,15)16/h1H3. The number of rotatable bonds is 2. The fourth-order valence-corrected chi connectivity index (χ4v) is 1.26. The van der Waals surface area contributed by atoms with Crippen molar-refractivity contribution in [3.63, 3.8) is 0 Å². The third-order valence-corrected chi connectivity index (χ3v) is 2.08. The fraction of sp³-hybridized carbons (Fsp3) is 0.500. The summed E-state index contributed by atoms with van der Waals surface area (Å²) in [6.45, 7) is 0. The van der Waals surface area contributed by atoms with Crippen molar-refractivity contribution in [1.82, 2.24) is 9.78 Å². The van der Waals surface area contributed by atoms with Crippen LogP contribution in [-0.2, 0) is 23.9 Å². The molecular formula is C8H3F8N2O. The van der Waals surface area contributed by atoms with Crippen molar-refractivity contribution in [3.05, 3.63) is 17.0 Å². The van der Waals surface area contributed by atoms with E-state index in [0.29, 0.717) is 13.3 Å². The summed E-state index contributed by atoms with van der Waals surface area (Å²) in [5, 5.41) is 2.45. The van der Waals surface area contributed by atoms with Crippen LogP contribution in [0.3, 0.4) is 0 Å². The molecule has 0 atom stereocenters. The molecule has 0 aromatic carbocycles. The van der Waals surface area contributed by atoms with Gasteiger partial charge >= 0.3 is 18.3 Å². The minimum Gasteiger partial charge on any atom is -0.283 e. The summed E-state index contributed by atoms with van der Waals surface area (Å²) in [4.78, 5) is 10.3. The highest BCUT2D eigenvalue weighted by atomic mass is 19.4. The van der Waals surface area contributed by atoms with Gasteiger partial charge in [-0.3, -0.25) is 9.48 Å². The van der Waals surface area contributed by atoms with E-state index in [1.807, 2.05) is 0 Å². The first-order valence-electron chi connectivity index (χ1n) is 4.31. The minimum atomic E-state index is -6.28. The summed E-state index contributed by atoms with van der Waals surface area (Å²) in [7, 11) is 0.616. The van der Waals surface area contributed by atoms with Crippen LogP contribution in [0.2, 0.25) is 0 Å². The lowest BCUT2D eigenvalue weighted by Crippen LogP contribution is -2.36. The second kappa shape index (κ2) is 4.17. The van der Waals surface area contributed by atoms with Crippen molar-refractivity contribution in [2.75, 3.05) is 0 Å². The number of aryl methyl sites for hydroxylation is 1. The lowest BCUT2D eigenvalue weighted by Gasteiger charge is -2.19. The predicted octanol–water partition coefficient (Wildman–Crippen LogP) is 2.55. The van der Waals surface area contributed by atoms with Crippen molar-refractivity contribution >= 4 is 6.29 Å². The lowest BCUT2D eigenvalue weighted by atomic mass is 10.1. The van der Waals surface area contributed by atoms with Crippen molar-refractivity contribution in [1.29, 1.82) is 0 Å². The van der Waals surface area contributed by atoms with E-state index in [0.717, 1.165) is 0 Å². The van der Waals surface area contributed by atoms with Crippen LogP contribution in [0, 0.1) is 0 Å². The molecule has 1 aromatic heterocycles. The molecule has 0 fully saturated rings. The Kier molecular flexibility index (Phi) is 3.37. The van der Waals surface area contributed by atoms with Crippen molar-refractivity contribution in [2.45, 2.75) is 18.3 Å². The molecule has 1 heterocycles. The number of aromatic nitrogens is 2. The zero-order chi connectivity index (χ0) is 15.2. The van der Waals surface area contributed by atoms with Crippen molar-refractivity contribution < 1.29 is 39.9 Å². The van der Waals surface area contributed by atoms with Gasteiger partial charge in [-0.1, -0.05) is 0 Å². The van der Waals surface area contributed by atoms with E-state index in [9.17, 15) is 39.9 Å². The van der Waals surface area contributed by atoms with E-state index in [1.165, 1.54) is 0 Å². The Labute approximate surface area is 99.3 Å². The van der Waals surface area contributed by atoms with Gasteiger partial charge in [-0.15, -0.1) is 0 Å². The highest BCUT2D eigenvalue weighted by Gasteiger charge is 2.64. The zero-order valence-electron chi connectivity index (χ0n) is 8.83. The monoisotopic (exact) mass is 295 g/mol. The summed E-state index contributed by atoms with van der Waals surface area (Å²) >= 11 is 0. The summed E-state index contributed by atoms with van der Waals surface area (Å²) in [6.07, 6.45) is -11.2. The lowest BCUT2D eigenvalue weighted by molar-refractivity contribution is -0.292. The molecule has 0 amide bonds. The molecule has 0 N–H and O–H groups in total. The number of hydrogen-bond donors (Lipinski definition) is 0. The molecule has 1 aromatic rings. The van der Waals surface area contributed by atoms with Crippen molar-refractivity contribution in [3.8, 4) is 0 Å². The summed E-state index contributed by atoms with van der Waals surface area (Å²) < 4.78 is 99.6. The first-order valence-corrected chi connectivity index (χ1v) is 4.31. The van der Waals surface area contributed by atoms with Crippen LogP contribution in [0.4, 0.5) is 35.1 Å². The van der Waals surface area contributed by atoms with Gasteiger partial charge in [-0.25, -0.2) is 0 Å². The van der Waals surface area contributed by atoms with Crippen LogP contribution in [-0.4, -0.2) is 22.2 Å². The van der Waals surface area contributed by atoms with Crippen LogP contribution in [0.15, 0.2) is 0 Å². The second-order valence-electron chi connectivity index (χ2n) is 3.37. The van der Waals surface area contributed by atoms with Crippen molar-refractivity contribution in [2.24, 2.45) is 7.05 Å². The number of halogens is 8. The van der Waals surface area contributed by atoms with Gasteiger partial charge in [0, 0.05) is 7.05 Å². The second-order valence-corrected chi connectivity index (χ2v) is 3.37. The normalized spacial score (nSPS) is 13.7. The molecule has 3 nitrogen and oxygen atoms in total. The third kappa shape index (κ3) is 2.40. The molecule has 0 bridgehead atoms. The van der Waals surface area contributed by atoms with Gasteiger partial charge in [0.25, 0.3) is 6.29 Å². The molecule has 0 spiro atoms. The Hall–Kier alpha value is -1.68. The van der Waals surface area contributed by atoms with E-state index in [-0.39, 0.29) is 4.68 Å². The number of hydrogen-bond acceptors (Lipinski definition) is 2. The molecule has 11 heteroatoms. The Bertz CT molecular complexity index is 498. The predicted molar refractivity (Wildman–Crippen MR) is 43.0 cm³/mol. The Morgan fingerprint density at radius 1 is 1.05 bits per heavy atom. The molecule has 0 unspecified atom stereocenters. The SMILES string of the molecule is Cn1nc(C(F)(F)C(F)(F)F)c(C(F)(F)F)c1[C]=O. The zero-order valence-corrected chi connectivity index (χ0v) is 8.83. The average molecular weight is 295 g/mol. The molecule has 1 rings (SSSR count). The molecule has 0 saturated heterocycles. The van der Waals surface area contributed by atoms with E-state index in [4.69, 9.17) is 0 Å². The van der Waals surface area contributed by atoms with Crippen LogP contribution < -0.4 is 0 Å². The van der Waals surface area contributed by atoms with Gasteiger partial charge in [0.1, 0.15) is 11.3 Å². The smallest absolute Gasteiger partial charge is 0.283 e. The van der Waals surface area contributed by atoms with Gasteiger partial charge in [0.2, 0.25) is 0 Å². The Morgan fingerprint density at radius 2 is 1.53 bits per heavy atom. The molecule has 0 aliphatic heterocycles. The highest BCUT2D eigenvalue weighted by Crippen LogP contribution is 2.48. The van der Waals surface area contributed by atoms with Gasteiger partial charge in [-0.2, -0.15) is 40.2 Å². The topological polar surface area (TPSA) is 34.9 Å². The highest BCUT2D eigenvalue weighted by molar-refractivity contribution is 5.76. The number of carbonyl (C=O) groups excluding carboxylic acids is 1. The molecule has 0 aliphatic rings. The van der Waals surface area contributed by atoms with E-state index in [2.05, 4.69) is 5.10 Å². The molecule has 19 heavy (non-hydrogen) atoms. The largest absolute Gasteiger partial charge is 0.459 e. The minimum absolute atomic E-state index is 0.0369. The fourth-order valence-electron chi connectivity index (χ4n) is 1.26. The third-order valence-electron chi connectivity index (χ3n) is 2.08. The molecule has 1 radical (unpaired) electrons. The first kappa shape index (κ1) is 15.4. The molecule has 0 saturated carbocycles. The van der Waals surface area contributed by atoms with E-state index < -0.39 is 35.2 Å². The summed E-state index contributed by atoms with van der Waals surface area (Å²) in [5.41, 5.74) is -6.56. The Balaban J connectivity index is 3.67. The molecular weight excluding hydrogens is 292 g/mol. The van der Waals surface area contributed by atoms with Gasteiger partial charge < -0.3 is 0 Å². The van der Waals surface area contributed by atoms with Crippen LogP contribution >= 0.6 is 0 Å². The number of alkyl halides is 8. The molecule has 107 valence electrons. The number of nitrogens with zero attached hydrogens (tertiary/aromatic N) is 2. The quantitative estimate of drug-likeness (QED) is 0.786. The van der Waals surface area contributed by atoms with Gasteiger partial charge in [-0.05, 0) is 0 Å². The summed E-state index contributed by atoms with van der Waals surface area (Å²) in [5.74, 6) is -5.84. The Morgan fingerprint density at radius 3 is 1.84 bits per heavy atom. The van der Waals surface area contributed by atoms with Crippen LogP contribution in [0.5, 0.6) is 0 Å².